The molecule has 1 N–H and O–H groups in total. The SMILES string of the molecule is CCCN1CCN(C2CCN(C(=O)CC3(c4ccccc4OCC)C(=O)N(S(=O)(=O)c4ccccc4F)c4ccc(C(=O)O)cc43)CC2)CC1. The van der Waals surface area contributed by atoms with Crippen LogP contribution < -0.4 is 9.04 Å². The van der Waals surface area contributed by atoms with Crippen molar-refractivity contribution < 1.29 is 37.0 Å². The van der Waals surface area contributed by atoms with Gasteiger partial charge in [0.25, 0.3) is 15.9 Å². The number of carbonyl (C=O) groups is 3. The number of nitrogens with zero attached hydrogens (tertiary/aromatic N) is 4. The molecular weight excluding hydrogens is 663 g/mol. The molecule has 11 nitrogen and oxygen atoms in total. The third-order valence-corrected chi connectivity index (χ3v) is 11.9. The largest absolute Gasteiger partial charge is 0.494 e. The predicted octanol–water partition coefficient (Wildman–Crippen LogP) is 4.35. The van der Waals surface area contributed by atoms with Crippen molar-refractivity contribution in [2.75, 3.05) is 56.7 Å². The highest BCUT2D eigenvalue weighted by Gasteiger charge is 2.58. The van der Waals surface area contributed by atoms with E-state index in [0.717, 1.165) is 64.1 Å². The normalized spacial score (nSPS) is 20.6. The molecule has 3 aromatic rings. The van der Waals surface area contributed by atoms with Crippen molar-refractivity contribution >= 4 is 33.5 Å². The van der Waals surface area contributed by atoms with E-state index in [1.807, 2.05) is 0 Å². The third-order valence-electron chi connectivity index (χ3n) is 10.2. The van der Waals surface area contributed by atoms with E-state index in [1.165, 1.54) is 30.3 Å². The number of carboxylic acids is 1. The second kappa shape index (κ2) is 14.5. The van der Waals surface area contributed by atoms with Crippen LogP contribution in [0, 0.1) is 5.82 Å². The molecule has 50 heavy (non-hydrogen) atoms. The van der Waals surface area contributed by atoms with Crippen molar-refractivity contribution in [3.05, 3.63) is 89.2 Å². The number of amides is 2. The quantitative estimate of drug-likeness (QED) is 0.310. The third kappa shape index (κ3) is 6.38. The van der Waals surface area contributed by atoms with Crippen molar-refractivity contribution in [3.8, 4) is 5.75 Å². The van der Waals surface area contributed by atoms with E-state index in [0.29, 0.717) is 23.4 Å². The van der Waals surface area contributed by atoms with Gasteiger partial charge in [-0.3, -0.25) is 14.5 Å². The zero-order chi connectivity index (χ0) is 35.6. The molecule has 0 aliphatic carbocycles. The second-order valence-electron chi connectivity index (χ2n) is 13.0. The molecule has 3 aromatic carbocycles. The first-order chi connectivity index (χ1) is 24.0. The number of halogens is 1. The number of carbonyl (C=O) groups excluding carboxylic acids is 2. The average Bonchev–Trinajstić information content (AvgIpc) is 3.36. The van der Waals surface area contributed by atoms with Crippen LogP contribution in [0.1, 0.15) is 61.0 Å². The summed E-state index contributed by atoms with van der Waals surface area (Å²) < 4.78 is 50.0. The zero-order valence-corrected chi connectivity index (χ0v) is 29.2. The van der Waals surface area contributed by atoms with E-state index in [-0.39, 0.29) is 40.6 Å². The molecule has 0 bridgehead atoms. The number of piperazine rings is 1. The Balaban J connectivity index is 1.40. The maximum atomic E-state index is 15.1. The number of hydrogen-bond acceptors (Lipinski definition) is 8. The average molecular weight is 707 g/mol. The molecule has 2 saturated heterocycles. The van der Waals surface area contributed by atoms with Crippen LogP contribution in [0.2, 0.25) is 0 Å². The van der Waals surface area contributed by atoms with Crippen LogP contribution in [-0.4, -0.2) is 104 Å². The topological polar surface area (TPSA) is 128 Å². The van der Waals surface area contributed by atoms with E-state index in [2.05, 4.69) is 16.7 Å². The standard InChI is InChI=1S/C37H43FN4O7S/c1-3-17-39-20-22-40(23-21-39)27-15-18-41(19-16-27)34(43)25-37(28-9-5-7-11-32(28)49-4-2)29-24-26(35(44)45)13-14-31(29)42(36(37)46)50(47,48)33-12-8-6-10-30(33)38/h5-14,24,27H,3-4,15-23,25H2,1-2H3,(H,44,45). The van der Waals surface area contributed by atoms with Gasteiger partial charge >= 0.3 is 5.97 Å². The van der Waals surface area contributed by atoms with Gasteiger partial charge in [-0.2, -0.15) is 0 Å². The minimum absolute atomic E-state index is 0.0163. The van der Waals surface area contributed by atoms with Gasteiger partial charge in [-0.05, 0) is 74.7 Å². The molecule has 0 radical (unpaired) electrons. The molecule has 3 aliphatic heterocycles. The first kappa shape index (κ1) is 35.5. The van der Waals surface area contributed by atoms with E-state index in [9.17, 15) is 23.1 Å². The molecule has 0 saturated carbocycles. The number of fused-ring (bicyclic) bond motifs is 1. The summed E-state index contributed by atoms with van der Waals surface area (Å²) in [6.45, 7) is 10.1. The number of carboxylic acid groups (broad SMARTS) is 1. The number of aromatic carboxylic acids is 1. The Bertz CT molecular complexity index is 1870. The summed E-state index contributed by atoms with van der Waals surface area (Å²) in [6.07, 6.45) is 2.14. The highest BCUT2D eigenvalue weighted by Crippen LogP contribution is 2.53. The molecule has 0 aromatic heterocycles. The molecule has 2 fully saturated rings. The smallest absolute Gasteiger partial charge is 0.335 e. The summed E-state index contributed by atoms with van der Waals surface area (Å²) in [7, 11) is -4.87. The van der Waals surface area contributed by atoms with Gasteiger partial charge in [0, 0.05) is 57.3 Å². The van der Waals surface area contributed by atoms with Crippen molar-refractivity contribution in [2.45, 2.75) is 55.9 Å². The number of anilines is 1. The van der Waals surface area contributed by atoms with Gasteiger partial charge in [0.15, 0.2) is 0 Å². The van der Waals surface area contributed by atoms with Crippen molar-refractivity contribution in [2.24, 2.45) is 0 Å². The lowest BCUT2D eigenvalue weighted by Crippen LogP contribution is -2.54. The highest BCUT2D eigenvalue weighted by atomic mass is 32.2. The number of piperidine rings is 1. The zero-order valence-electron chi connectivity index (χ0n) is 28.4. The Hall–Kier alpha value is -4.33. The monoisotopic (exact) mass is 706 g/mol. The fourth-order valence-corrected chi connectivity index (χ4v) is 9.25. The fourth-order valence-electron chi connectivity index (χ4n) is 7.69. The Morgan fingerprint density at radius 2 is 1.60 bits per heavy atom. The van der Waals surface area contributed by atoms with Crippen LogP contribution >= 0.6 is 0 Å². The van der Waals surface area contributed by atoms with Crippen LogP contribution in [0.5, 0.6) is 5.75 Å². The second-order valence-corrected chi connectivity index (χ2v) is 14.8. The number of benzene rings is 3. The van der Waals surface area contributed by atoms with E-state index in [4.69, 9.17) is 4.74 Å². The molecule has 13 heteroatoms. The maximum Gasteiger partial charge on any atom is 0.335 e. The molecule has 266 valence electrons. The van der Waals surface area contributed by atoms with Crippen LogP contribution in [0.3, 0.4) is 0 Å². The lowest BCUT2D eigenvalue weighted by molar-refractivity contribution is -0.136. The lowest BCUT2D eigenvalue weighted by Gasteiger charge is -2.43. The van der Waals surface area contributed by atoms with Crippen LogP contribution in [0.15, 0.2) is 71.6 Å². The molecule has 6 rings (SSSR count). The molecule has 1 atom stereocenters. The van der Waals surface area contributed by atoms with Crippen molar-refractivity contribution in [1.29, 1.82) is 0 Å². The van der Waals surface area contributed by atoms with Gasteiger partial charge in [-0.25, -0.2) is 21.9 Å². The van der Waals surface area contributed by atoms with Gasteiger partial charge in [-0.1, -0.05) is 37.3 Å². The summed E-state index contributed by atoms with van der Waals surface area (Å²) in [5.74, 6) is -3.51. The first-order valence-corrected chi connectivity index (χ1v) is 18.7. The molecule has 2 amide bonds. The maximum absolute atomic E-state index is 15.1. The molecule has 0 spiro atoms. The minimum Gasteiger partial charge on any atom is -0.494 e. The highest BCUT2D eigenvalue weighted by molar-refractivity contribution is 7.93. The summed E-state index contributed by atoms with van der Waals surface area (Å²) in [4.78, 5) is 47.7. The van der Waals surface area contributed by atoms with E-state index in [1.54, 1.807) is 36.1 Å². The number of hydrogen-bond donors (Lipinski definition) is 1. The van der Waals surface area contributed by atoms with Gasteiger partial charge in [-0.15, -0.1) is 0 Å². The van der Waals surface area contributed by atoms with Gasteiger partial charge in [0.05, 0.1) is 17.9 Å². The summed E-state index contributed by atoms with van der Waals surface area (Å²) in [5.41, 5.74) is -2.12. The summed E-state index contributed by atoms with van der Waals surface area (Å²) in [5, 5.41) is 9.99. The predicted molar refractivity (Wildman–Crippen MR) is 185 cm³/mol. The molecule has 3 aliphatic rings. The number of likely N-dealkylation sites (tertiary alicyclic amines) is 1. The Morgan fingerprint density at radius 3 is 2.26 bits per heavy atom. The number of para-hydroxylation sites is 1. The van der Waals surface area contributed by atoms with E-state index < -0.39 is 44.4 Å². The van der Waals surface area contributed by atoms with Crippen LogP contribution in [-0.2, 0) is 25.0 Å². The Morgan fingerprint density at radius 1 is 0.920 bits per heavy atom. The molecule has 3 heterocycles. The molecular formula is C37H43FN4O7S. The minimum atomic E-state index is -4.87. The Labute approximate surface area is 292 Å². The van der Waals surface area contributed by atoms with Gasteiger partial charge < -0.3 is 19.6 Å². The van der Waals surface area contributed by atoms with E-state index >= 15 is 9.18 Å². The van der Waals surface area contributed by atoms with Crippen molar-refractivity contribution in [3.63, 3.8) is 0 Å². The van der Waals surface area contributed by atoms with Gasteiger partial charge in [0.2, 0.25) is 5.91 Å². The Kier molecular flexibility index (Phi) is 10.3. The van der Waals surface area contributed by atoms with Crippen LogP contribution in [0.4, 0.5) is 10.1 Å². The number of sulfonamides is 1. The number of rotatable bonds is 11. The summed E-state index contributed by atoms with van der Waals surface area (Å²) >= 11 is 0. The van der Waals surface area contributed by atoms with Gasteiger partial charge in [0.1, 0.15) is 21.9 Å². The lowest BCUT2D eigenvalue weighted by atomic mass is 9.71. The van der Waals surface area contributed by atoms with Crippen molar-refractivity contribution in [1.82, 2.24) is 14.7 Å². The fraction of sp³-hybridized carbons (Fsp3) is 0.432. The first-order valence-electron chi connectivity index (χ1n) is 17.2. The molecule has 1 unspecified atom stereocenters. The number of ether oxygens (including phenoxy) is 1. The van der Waals surface area contributed by atoms with Crippen LogP contribution in [0.25, 0.3) is 0 Å². The summed E-state index contributed by atoms with van der Waals surface area (Å²) in [6, 6.07) is 15.3.